The fourth-order valence-corrected chi connectivity index (χ4v) is 2.50. The highest BCUT2D eigenvalue weighted by molar-refractivity contribution is 6.31. The minimum atomic E-state index is -0.600. The van der Waals surface area contributed by atoms with Crippen molar-refractivity contribution in [2.45, 2.75) is 6.92 Å². The highest BCUT2D eigenvalue weighted by Gasteiger charge is 2.13. The predicted molar refractivity (Wildman–Crippen MR) is 92.0 cm³/mol. The number of fused-ring (bicyclic) bond motifs is 1. The second-order valence-corrected chi connectivity index (χ2v) is 5.68. The minimum absolute atomic E-state index is 0.0251. The van der Waals surface area contributed by atoms with Crippen LogP contribution in [0.1, 0.15) is 17.4 Å². The van der Waals surface area contributed by atoms with Gasteiger partial charge in [-0.05, 0) is 42.5 Å². The lowest BCUT2D eigenvalue weighted by atomic mass is 10.2. The first-order valence-corrected chi connectivity index (χ1v) is 7.47. The molecule has 0 spiro atoms. The lowest BCUT2D eigenvalue weighted by Gasteiger charge is -2.08. The van der Waals surface area contributed by atoms with E-state index in [0.717, 1.165) is 10.9 Å². The zero-order chi connectivity index (χ0) is 17.3. The van der Waals surface area contributed by atoms with Gasteiger partial charge in [-0.3, -0.25) is 9.59 Å². The lowest BCUT2D eigenvalue weighted by Crippen LogP contribution is -2.14. The molecule has 0 aliphatic rings. The van der Waals surface area contributed by atoms with Crippen LogP contribution in [0.2, 0.25) is 5.02 Å². The van der Waals surface area contributed by atoms with Gasteiger partial charge in [-0.25, -0.2) is 4.39 Å². The monoisotopic (exact) mass is 345 g/mol. The zero-order valence-electron chi connectivity index (χ0n) is 12.6. The van der Waals surface area contributed by atoms with Gasteiger partial charge in [-0.2, -0.15) is 0 Å². The topological polar surface area (TPSA) is 74.0 Å². The molecule has 7 heteroatoms. The average Bonchev–Trinajstić information content (AvgIpc) is 2.93. The van der Waals surface area contributed by atoms with E-state index in [1.54, 1.807) is 24.3 Å². The summed E-state index contributed by atoms with van der Waals surface area (Å²) in [6, 6.07) is 10.8. The van der Waals surface area contributed by atoms with E-state index in [1.807, 2.05) is 0 Å². The van der Waals surface area contributed by atoms with Crippen LogP contribution < -0.4 is 10.6 Å². The van der Waals surface area contributed by atoms with Crippen LogP contribution in [-0.4, -0.2) is 16.8 Å². The minimum Gasteiger partial charge on any atom is -0.351 e. The Hall–Kier alpha value is -2.86. The third-order valence-electron chi connectivity index (χ3n) is 3.36. The molecule has 0 radical (unpaired) electrons. The van der Waals surface area contributed by atoms with Crippen molar-refractivity contribution >= 4 is 45.7 Å². The molecule has 24 heavy (non-hydrogen) atoms. The molecule has 0 fully saturated rings. The number of rotatable bonds is 3. The van der Waals surface area contributed by atoms with Gasteiger partial charge in [0.15, 0.2) is 0 Å². The van der Waals surface area contributed by atoms with Crippen LogP contribution in [0.5, 0.6) is 0 Å². The quantitative estimate of drug-likeness (QED) is 0.666. The number of benzene rings is 2. The molecule has 1 aromatic heterocycles. The van der Waals surface area contributed by atoms with E-state index >= 15 is 0 Å². The van der Waals surface area contributed by atoms with Crippen molar-refractivity contribution in [1.29, 1.82) is 0 Å². The summed E-state index contributed by atoms with van der Waals surface area (Å²) in [4.78, 5) is 26.3. The number of carbonyl (C=O) groups excluding carboxylic acids is 2. The number of aromatic amines is 1. The first-order chi connectivity index (χ1) is 11.4. The van der Waals surface area contributed by atoms with Gasteiger partial charge in [0.25, 0.3) is 5.91 Å². The molecule has 2 aromatic carbocycles. The van der Waals surface area contributed by atoms with Gasteiger partial charge in [0.05, 0.1) is 5.69 Å². The van der Waals surface area contributed by atoms with Gasteiger partial charge in [0.1, 0.15) is 11.5 Å². The summed E-state index contributed by atoms with van der Waals surface area (Å²) in [5.74, 6) is -1.39. The summed E-state index contributed by atoms with van der Waals surface area (Å²) in [7, 11) is 0. The van der Waals surface area contributed by atoms with E-state index in [9.17, 15) is 14.0 Å². The molecule has 0 unspecified atom stereocenters. The van der Waals surface area contributed by atoms with E-state index in [1.165, 1.54) is 25.1 Å². The van der Waals surface area contributed by atoms with Crippen LogP contribution in [0.4, 0.5) is 15.8 Å². The van der Waals surface area contributed by atoms with E-state index in [0.29, 0.717) is 10.7 Å². The molecular weight excluding hydrogens is 333 g/mol. The molecule has 0 saturated heterocycles. The van der Waals surface area contributed by atoms with E-state index in [2.05, 4.69) is 15.6 Å². The van der Waals surface area contributed by atoms with Crippen molar-refractivity contribution in [1.82, 2.24) is 4.98 Å². The van der Waals surface area contributed by atoms with E-state index in [4.69, 9.17) is 11.6 Å². The van der Waals surface area contributed by atoms with Crippen LogP contribution in [0.25, 0.3) is 10.9 Å². The van der Waals surface area contributed by atoms with Crippen LogP contribution in [-0.2, 0) is 4.79 Å². The molecule has 0 bridgehead atoms. The molecule has 2 amide bonds. The normalized spacial score (nSPS) is 10.6. The van der Waals surface area contributed by atoms with Crippen molar-refractivity contribution < 1.29 is 14.0 Å². The number of carbonyl (C=O) groups is 2. The van der Waals surface area contributed by atoms with Crippen LogP contribution in [0.3, 0.4) is 0 Å². The Morgan fingerprint density at radius 2 is 1.88 bits per heavy atom. The molecule has 0 atom stereocenters. The molecule has 0 aliphatic carbocycles. The van der Waals surface area contributed by atoms with Crippen LogP contribution in [0, 0.1) is 5.82 Å². The zero-order valence-corrected chi connectivity index (χ0v) is 13.4. The summed E-state index contributed by atoms with van der Waals surface area (Å²) in [5.41, 5.74) is 1.39. The fourth-order valence-electron chi connectivity index (χ4n) is 2.32. The Morgan fingerprint density at radius 3 is 2.62 bits per heavy atom. The summed E-state index contributed by atoms with van der Waals surface area (Å²) >= 11 is 5.92. The molecular formula is C17H13ClFN3O2. The third-order valence-corrected chi connectivity index (χ3v) is 3.60. The highest BCUT2D eigenvalue weighted by atomic mass is 35.5. The number of anilines is 2. The summed E-state index contributed by atoms with van der Waals surface area (Å²) in [5, 5.41) is 6.36. The van der Waals surface area contributed by atoms with Crippen LogP contribution >= 0.6 is 11.6 Å². The standard InChI is InChI=1S/C17H13ClFN3O2/c1-9(23)20-12-3-4-13(19)15(8-12)22-17(24)16-7-10-6-11(18)2-5-14(10)21-16/h2-8,21H,1H3,(H,20,23)(H,22,24). The number of hydrogen-bond acceptors (Lipinski definition) is 2. The Labute approximate surface area is 141 Å². The molecule has 3 aromatic rings. The molecule has 5 nitrogen and oxygen atoms in total. The SMILES string of the molecule is CC(=O)Nc1ccc(F)c(NC(=O)c2cc3cc(Cl)ccc3[nH]2)c1. The smallest absolute Gasteiger partial charge is 0.272 e. The average molecular weight is 346 g/mol. The molecule has 122 valence electrons. The number of H-pyrrole nitrogens is 1. The summed E-state index contributed by atoms with van der Waals surface area (Å²) in [6.45, 7) is 1.34. The van der Waals surface area contributed by atoms with Crippen molar-refractivity contribution in [2.75, 3.05) is 10.6 Å². The molecule has 0 aliphatic heterocycles. The van der Waals surface area contributed by atoms with Gasteiger partial charge >= 0.3 is 0 Å². The van der Waals surface area contributed by atoms with E-state index in [-0.39, 0.29) is 17.3 Å². The highest BCUT2D eigenvalue weighted by Crippen LogP contribution is 2.23. The van der Waals surface area contributed by atoms with Crippen molar-refractivity contribution in [3.05, 3.63) is 59.0 Å². The molecule has 0 saturated carbocycles. The maximum absolute atomic E-state index is 13.9. The van der Waals surface area contributed by atoms with Crippen LogP contribution in [0.15, 0.2) is 42.5 Å². The van der Waals surface area contributed by atoms with Crippen molar-refractivity contribution in [3.8, 4) is 0 Å². The summed E-state index contributed by atoms with van der Waals surface area (Å²) in [6.07, 6.45) is 0. The number of hydrogen-bond donors (Lipinski definition) is 3. The largest absolute Gasteiger partial charge is 0.351 e. The maximum Gasteiger partial charge on any atom is 0.272 e. The molecule has 1 heterocycles. The second-order valence-electron chi connectivity index (χ2n) is 5.24. The predicted octanol–water partition coefficient (Wildman–Crippen LogP) is 4.17. The first-order valence-electron chi connectivity index (χ1n) is 7.09. The van der Waals surface area contributed by atoms with Gasteiger partial charge < -0.3 is 15.6 Å². The maximum atomic E-state index is 13.9. The number of halogens is 2. The Balaban J connectivity index is 1.86. The molecule has 3 rings (SSSR count). The first kappa shape index (κ1) is 16.0. The van der Waals surface area contributed by atoms with Gasteiger partial charge in [-0.1, -0.05) is 11.6 Å². The van der Waals surface area contributed by atoms with Gasteiger partial charge in [0, 0.05) is 28.5 Å². The lowest BCUT2D eigenvalue weighted by molar-refractivity contribution is -0.114. The van der Waals surface area contributed by atoms with Crippen molar-refractivity contribution in [2.24, 2.45) is 0 Å². The fraction of sp³-hybridized carbons (Fsp3) is 0.0588. The number of amides is 2. The number of nitrogens with one attached hydrogen (secondary N) is 3. The van der Waals surface area contributed by atoms with Gasteiger partial charge in [-0.15, -0.1) is 0 Å². The van der Waals surface area contributed by atoms with Crippen molar-refractivity contribution in [3.63, 3.8) is 0 Å². The second kappa shape index (κ2) is 6.33. The third kappa shape index (κ3) is 3.38. The number of aromatic nitrogens is 1. The molecule has 3 N–H and O–H groups in total. The summed E-state index contributed by atoms with van der Waals surface area (Å²) < 4.78 is 13.9. The Morgan fingerprint density at radius 1 is 1.08 bits per heavy atom. The Kier molecular flexibility index (Phi) is 4.22. The van der Waals surface area contributed by atoms with Gasteiger partial charge in [0.2, 0.25) is 5.91 Å². The Bertz CT molecular complexity index is 952. The van der Waals surface area contributed by atoms with E-state index < -0.39 is 11.7 Å².